The Bertz CT molecular complexity index is 942. The standard InChI is InChI=1S/C21H22F2N2O3/c1-13-9-16(14(2)25(13)7-8-27-4)10-17(12-24)21(26)28-15(3)19-6-5-18(22)11-20(19)23/h5-6,9-11,15H,7-8H2,1-4H3. The van der Waals surface area contributed by atoms with Crippen LogP contribution in [0.25, 0.3) is 6.08 Å². The summed E-state index contributed by atoms with van der Waals surface area (Å²) in [6.07, 6.45) is 0.473. The SMILES string of the molecule is COCCn1c(C)cc(C=C(C#N)C(=O)OC(C)c2ccc(F)cc2F)c1C. The lowest BCUT2D eigenvalue weighted by molar-refractivity contribution is -0.143. The van der Waals surface area contributed by atoms with Crippen molar-refractivity contribution in [3.05, 3.63) is 64.0 Å². The van der Waals surface area contributed by atoms with Gasteiger partial charge in [0.1, 0.15) is 29.4 Å². The minimum absolute atomic E-state index is 0.0322. The molecule has 0 aliphatic carbocycles. The zero-order chi connectivity index (χ0) is 20.8. The molecule has 28 heavy (non-hydrogen) atoms. The predicted molar refractivity (Wildman–Crippen MR) is 100 cm³/mol. The van der Waals surface area contributed by atoms with Gasteiger partial charge in [-0.1, -0.05) is 0 Å². The summed E-state index contributed by atoms with van der Waals surface area (Å²) in [4.78, 5) is 12.4. The molecule has 148 valence electrons. The van der Waals surface area contributed by atoms with Crippen LogP contribution >= 0.6 is 0 Å². The van der Waals surface area contributed by atoms with Crippen molar-refractivity contribution >= 4 is 12.0 Å². The van der Waals surface area contributed by atoms with Gasteiger partial charge in [-0.25, -0.2) is 13.6 Å². The molecule has 0 radical (unpaired) electrons. The lowest BCUT2D eigenvalue weighted by atomic mass is 10.1. The highest BCUT2D eigenvalue weighted by molar-refractivity contribution is 5.98. The summed E-state index contributed by atoms with van der Waals surface area (Å²) in [5.74, 6) is -2.41. The van der Waals surface area contributed by atoms with Crippen LogP contribution in [0.3, 0.4) is 0 Å². The minimum atomic E-state index is -0.973. The Balaban J connectivity index is 2.23. The summed E-state index contributed by atoms with van der Waals surface area (Å²) >= 11 is 0. The second-order valence-corrected chi connectivity index (χ2v) is 6.35. The first-order chi connectivity index (χ1) is 13.3. The first-order valence-corrected chi connectivity index (χ1v) is 8.71. The number of nitriles is 1. The van der Waals surface area contributed by atoms with Crippen LogP contribution in [-0.4, -0.2) is 24.3 Å². The molecule has 1 aromatic carbocycles. The predicted octanol–water partition coefficient (Wildman–Crippen LogP) is 4.24. The van der Waals surface area contributed by atoms with E-state index < -0.39 is 23.7 Å². The highest BCUT2D eigenvalue weighted by atomic mass is 19.1. The van der Waals surface area contributed by atoms with E-state index in [0.717, 1.165) is 23.5 Å². The Hall–Kier alpha value is -2.98. The highest BCUT2D eigenvalue weighted by Gasteiger charge is 2.20. The third kappa shape index (κ3) is 4.84. The Labute approximate surface area is 162 Å². The molecule has 5 nitrogen and oxygen atoms in total. The molecule has 1 atom stereocenters. The number of hydrogen-bond donors (Lipinski definition) is 0. The fourth-order valence-electron chi connectivity index (χ4n) is 2.91. The molecule has 0 saturated carbocycles. The van der Waals surface area contributed by atoms with Crippen LogP contribution in [0.5, 0.6) is 0 Å². The van der Waals surface area contributed by atoms with E-state index in [9.17, 15) is 18.8 Å². The van der Waals surface area contributed by atoms with Gasteiger partial charge in [-0.15, -0.1) is 0 Å². The number of carbonyl (C=O) groups excluding carboxylic acids is 1. The number of methoxy groups -OCH3 is 1. The molecule has 0 amide bonds. The van der Waals surface area contributed by atoms with Crippen molar-refractivity contribution in [2.75, 3.05) is 13.7 Å². The number of aromatic nitrogens is 1. The van der Waals surface area contributed by atoms with E-state index in [1.807, 2.05) is 30.6 Å². The van der Waals surface area contributed by atoms with Crippen LogP contribution in [0.1, 0.15) is 35.5 Å². The number of hydrogen-bond acceptors (Lipinski definition) is 4. The van der Waals surface area contributed by atoms with E-state index in [4.69, 9.17) is 9.47 Å². The lowest BCUT2D eigenvalue weighted by Crippen LogP contribution is -2.12. The number of nitrogens with zero attached hydrogens (tertiary/aromatic N) is 2. The Morgan fingerprint density at radius 1 is 1.32 bits per heavy atom. The molecule has 1 aromatic heterocycles. The topological polar surface area (TPSA) is 64.2 Å². The third-order valence-corrected chi connectivity index (χ3v) is 4.46. The zero-order valence-corrected chi connectivity index (χ0v) is 16.3. The largest absolute Gasteiger partial charge is 0.454 e. The number of rotatable bonds is 7. The molecule has 1 heterocycles. The van der Waals surface area contributed by atoms with Crippen molar-refractivity contribution < 1.29 is 23.0 Å². The van der Waals surface area contributed by atoms with Crippen LogP contribution in [0, 0.1) is 36.8 Å². The van der Waals surface area contributed by atoms with Crippen LogP contribution in [0.4, 0.5) is 8.78 Å². The van der Waals surface area contributed by atoms with E-state index >= 15 is 0 Å². The number of halogens is 2. The van der Waals surface area contributed by atoms with Crippen molar-refractivity contribution in [1.82, 2.24) is 4.57 Å². The van der Waals surface area contributed by atoms with Gasteiger partial charge in [0, 0.05) is 36.7 Å². The van der Waals surface area contributed by atoms with Gasteiger partial charge in [0.15, 0.2) is 0 Å². The fraction of sp³-hybridized carbons (Fsp3) is 0.333. The fourth-order valence-corrected chi connectivity index (χ4v) is 2.91. The van der Waals surface area contributed by atoms with Gasteiger partial charge < -0.3 is 14.0 Å². The summed E-state index contributed by atoms with van der Waals surface area (Å²) in [5.41, 5.74) is 2.38. The van der Waals surface area contributed by atoms with Crippen molar-refractivity contribution in [3.8, 4) is 6.07 Å². The maximum atomic E-state index is 13.9. The van der Waals surface area contributed by atoms with E-state index in [1.165, 1.54) is 19.1 Å². The van der Waals surface area contributed by atoms with Gasteiger partial charge >= 0.3 is 5.97 Å². The number of esters is 1. The lowest BCUT2D eigenvalue weighted by Gasteiger charge is -2.14. The van der Waals surface area contributed by atoms with Crippen LogP contribution in [-0.2, 0) is 20.8 Å². The zero-order valence-electron chi connectivity index (χ0n) is 16.3. The summed E-state index contributed by atoms with van der Waals surface area (Å²) in [6, 6.07) is 6.70. The van der Waals surface area contributed by atoms with Crippen molar-refractivity contribution in [3.63, 3.8) is 0 Å². The van der Waals surface area contributed by atoms with E-state index in [1.54, 1.807) is 7.11 Å². The van der Waals surface area contributed by atoms with E-state index in [2.05, 4.69) is 0 Å². The maximum Gasteiger partial charge on any atom is 0.349 e. The van der Waals surface area contributed by atoms with Crippen molar-refractivity contribution in [2.24, 2.45) is 0 Å². The average Bonchev–Trinajstić information content (AvgIpc) is 2.90. The second-order valence-electron chi connectivity index (χ2n) is 6.35. The molecule has 1 unspecified atom stereocenters. The summed E-state index contributed by atoms with van der Waals surface area (Å²) in [6.45, 7) is 6.44. The Kier molecular flexibility index (Phi) is 7.07. The molecular weight excluding hydrogens is 366 g/mol. The molecule has 2 aromatic rings. The second kappa shape index (κ2) is 9.29. The molecule has 0 aliphatic heterocycles. The smallest absolute Gasteiger partial charge is 0.349 e. The molecule has 0 N–H and O–H groups in total. The van der Waals surface area contributed by atoms with E-state index in [-0.39, 0.29) is 11.1 Å². The van der Waals surface area contributed by atoms with Gasteiger partial charge in [-0.2, -0.15) is 5.26 Å². The van der Waals surface area contributed by atoms with Gasteiger partial charge in [0.25, 0.3) is 0 Å². The molecular formula is C21H22F2N2O3. The van der Waals surface area contributed by atoms with Gasteiger partial charge in [0.2, 0.25) is 0 Å². The average molecular weight is 388 g/mol. The first-order valence-electron chi connectivity index (χ1n) is 8.71. The summed E-state index contributed by atoms with van der Waals surface area (Å²) < 4.78 is 39.2. The Morgan fingerprint density at radius 3 is 2.64 bits per heavy atom. The molecule has 7 heteroatoms. The number of ether oxygens (including phenoxy) is 2. The van der Waals surface area contributed by atoms with Crippen LogP contribution in [0.15, 0.2) is 29.8 Å². The monoisotopic (exact) mass is 388 g/mol. The molecule has 0 saturated heterocycles. The quantitative estimate of drug-likeness (QED) is 0.404. The van der Waals surface area contributed by atoms with Gasteiger partial charge in [0.05, 0.1) is 6.61 Å². The molecule has 0 aliphatic rings. The highest BCUT2D eigenvalue weighted by Crippen LogP contribution is 2.23. The summed E-state index contributed by atoms with van der Waals surface area (Å²) in [5, 5.41) is 9.37. The Morgan fingerprint density at radius 2 is 2.04 bits per heavy atom. The van der Waals surface area contributed by atoms with Gasteiger partial charge in [-0.3, -0.25) is 0 Å². The normalized spacial score (nSPS) is 12.5. The number of aryl methyl sites for hydroxylation is 1. The maximum absolute atomic E-state index is 13.9. The molecule has 0 spiro atoms. The first kappa shape index (κ1) is 21.3. The minimum Gasteiger partial charge on any atom is -0.454 e. The summed E-state index contributed by atoms with van der Waals surface area (Å²) in [7, 11) is 1.61. The number of carbonyl (C=O) groups is 1. The molecule has 0 fully saturated rings. The van der Waals surface area contributed by atoms with Crippen LogP contribution in [0.2, 0.25) is 0 Å². The number of benzene rings is 1. The van der Waals surface area contributed by atoms with Crippen LogP contribution < -0.4 is 0 Å². The van der Waals surface area contributed by atoms with Gasteiger partial charge in [-0.05, 0) is 50.6 Å². The molecule has 0 bridgehead atoms. The molecule has 2 rings (SSSR count). The van der Waals surface area contributed by atoms with E-state index in [0.29, 0.717) is 18.7 Å². The van der Waals surface area contributed by atoms with Crippen molar-refractivity contribution in [1.29, 1.82) is 5.26 Å². The van der Waals surface area contributed by atoms with Crippen molar-refractivity contribution in [2.45, 2.75) is 33.4 Å². The third-order valence-electron chi connectivity index (χ3n) is 4.46.